The van der Waals surface area contributed by atoms with Crippen molar-refractivity contribution in [1.82, 2.24) is 15.4 Å². The van der Waals surface area contributed by atoms with E-state index in [1.54, 1.807) is 30.7 Å². The molecule has 8 heteroatoms. The van der Waals surface area contributed by atoms with E-state index >= 15 is 0 Å². The third-order valence-corrected chi connectivity index (χ3v) is 5.49. The molecule has 7 nitrogen and oxygen atoms in total. The Hall–Kier alpha value is -3.78. The molecule has 0 radical (unpaired) electrons. The second-order valence-electron chi connectivity index (χ2n) is 6.73. The number of nitrogens with one attached hydrogen (secondary N) is 1. The molecule has 0 spiro atoms. The molecule has 1 amide bonds. The van der Waals surface area contributed by atoms with E-state index in [0.29, 0.717) is 22.8 Å². The van der Waals surface area contributed by atoms with E-state index in [1.165, 1.54) is 0 Å². The Morgan fingerprint density at radius 3 is 2.68 bits per heavy atom. The first-order chi connectivity index (χ1) is 15.2. The summed E-state index contributed by atoms with van der Waals surface area (Å²) in [7, 11) is 0. The second-order valence-corrected chi connectivity index (χ2v) is 7.59. The summed E-state index contributed by atoms with van der Waals surface area (Å²) < 4.78 is 11.5. The van der Waals surface area contributed by atoms with Gasteiger partial charge in [0.05, 0.1) is 23.0 Å². The number of benzene rings is 2. The molecule has 0 aliphatic carbocycles. The molecule has 0 bridgehead atoms. The van der Waals surface area contributed by atoms with Crippen molar-refractivity contribution in [2.75, 3.05) is 6.79 Å². The van der Waals surface area contributed by atoms with Gasteiger partial charge in [-0.3, -0.25) is 9.78 Å². The number of para-hydroxylation sites is 1. The largest absolute Gasteiger partial charge is 0.454 e. The molecule has 3 heterocycles. The van der Waals surface area contributed by atoms with Crippen LogP contribution in [0.4, 0.5) is 0 Å². The standard InChI is InChI=1S/C23H15BrN4O3/c24-18-11-22-21(30-13-31-22)9-15(18)12-26-28-23(29)17-10-20(14-5-7-25-8-6-14)27-19-4-2-1-3-16(17)19/h1-12H,13H2,(H,28,29)/b26-12+. The lowest BCUT2D eigenvalue weighted by molar-refractivity contribution is 0.0956. The zero-order valence-electron chi connectivity index (χ0n) is 16.1. The molecule has 0 saturated heterocycles. The Balaban J connectivity index is 1.45. The molecule has 31 heavy (non-hydrogen) atoms. The van der Waals surface area contributed by atoms with Crippen LogP contribution >= 0.6 is 15.9 Å². The highest BCUT2D eigenvalue weighted by Crippen LogP contribution is 2.36. The Morgan fingerprint density at radius 1 is 1.06 bits per heavy atom. The zero-order valence-corrected chi connectivity index (χ0v) is 17.7. The Labute approximate surface area is 185 Å². The molecule has 1 aliphatic heterocycles. The molecule has 0 saturated carbocycles. The molecule has 4 aromatic rings. The monoisotopic (exact) mass is 474 g/mol. The first kappa shape index (κ1) is 19.2. The molecule has 1 N–H and O–H groups in total. The highest BCUT2D eigenvalue weighted by molar-refractivity contribution is 9.10. The number of hydrogen-bond acceptors (Lipinski definition) is 6. The minimum atomic E-state index is -0.331. The average molecular weight is 475 g/mol. The van der Waals surface area contributed by atoms with Gasteiger partial charge in [0.2, 0.25) is 6.79 Å². The maximum absolute atomic E-state index is 13.0. The van der Waals surface area contributed by atoms with Gasteiger partial charge in [0.1, 0.15) is 0 Å². The molecule has 152 valence electrons. The van der Waals surface area contributed by atoms with Gasteiger partial charge in [0, 0.05) is 33.4 Å². The van der Waals surface area contributed by atoms with Gasteiger partial charge in [-0.25, -0.2) is 10.4 Å². The quantitative estimate of drug-likeness (QED) is 0.346. The van der Waals surface area contributed by atoms with Crippen LogP contribution < -0.4 is 14.9 Å². The van der Waals surface area contributed by atoms with Crippen LogP contribution in [0.5, 0.6) is 11.5 Å². The van der Waals surface area contributed by atoms with Gasteiger partial charge in [-0.15, -0.1) is 0 Å². The fraction of sp³-hybridized carbons (Fsp3) is 0.0435. The van der Waals surface area contributed by atoms with Crippen molar-refractivity contribution in [2.24, 2.45) is 5.10 Å². The van der Waals surface area contributed by atoms with E-state index in [9.17, 15) is 4.79 Å². The van der Waals surface area contributed by atoms with Crippen LogP contribution in [0.2, 0.25) is 0 Å². The van der Waals surface area contributed by atoms with E-state index < -0.39 is 0 Å². The number of hydrogen-bond donors (Lipinski definition) is 1. The molecule has 0 atom stereocenters. The lowest BCUT2D eigenvalue weighted by Gasteiger charge is -2.09. The van der Waals surface area contributed by atoms with Crippen LogP contribution in [-0.2, 0) is 0 Å². The summed E-state index contributed by atoms with van der Waals surface area (Å²) in [4.78, 5) is 21.7. The summed E-state index contributed by atoms with van der Waals surface area (Å²) in [6, 6.07) is 16.6. The van der Waals surface area contributed by atoms with E-state index in [4.69, 9.17) is 9.47 Å². The molecule has 0 fully saturated rings. The van der Waals surface area contributed by atoms with Gasteiger partial charge < -0.3 is 9.47 Å². The fourth-order valence-electron chi connectivity index (χ4n) is 3.29. The van der Waals surface area contributed by atoms with Crippen LogP contribution in [0.3, 0.4) is 0 Å². The summed E-state index contributed by atoms with van der Waals surface area (Å²) >= 11 is 3.48. The molecule has 5 rings (SSSR count). The molecule has 0 unspecified atom stereocenters. The number of pyridine rings is 2. The van der Waals surface area contributed by atoms with Crippen molar-refractivity contribution in [1.29, 1.82) is 0 Å². The number of hydrazone groups is 1. The SMILES string of the molecule is O=C(N/N=C/c1cc2c(cc1Br)OCO2)c1cc(-c2ccncc2)nc2ccccc12. The van der Waals surface area contributed by atoms with Crippen molar-refractivity contribution >= 4 is 39.0 Å². The summed E-state index contributed by atoms with van der Waals surface area (Å²) in [5.41, 5.74) is 6.14. The number of halogens is 1. The van der Waals surface area contributed by atoms with Crippen LogP contribution in [0, 0.1) is 0 Å². The smallest absolute Gasteiger partial charge is 0.272 e. The first-order valence-electron chi connectivity index (χ1n) is 9.42. The van der Waals surface area contributed by atoms with Gasteiger partial charge in [-0.05, 0) is 52.3 Å². The summed E-state index contributed by atoms with van der Waals surface area (Å²) in [5.74, 6) is 0.972. The van der Waals surface area contributed by atoms with Gasteiger partial charge in [0.25, 0.3) is 5.91 Å². The van der Waals surface area contributed by atoms with Gasteiger partial charge in [-0.1, -0.05) is 18.2 Å². The Kier molecular flexibility index (Phi) is 5.05. The van der Waals surface area contributed by atoms with Crippen molar-refractivity contribution in [2.45, 2.75) is 0 Å². The maximum atomic E-state index is 13.0. The number of carbonyl (C=O) groups excluding carboxylic acids is 1. The minimum absolute atomic E-state index is 0.189. The molecule has 2 aromatic heterocycles. The minimum Gasteiger partial charge on any atom is -0.454 e. The predicted molar refractivity (Wildman–Crippen MR) is 120 cm³/mol. The Bertz CT molecular complexity index is 1330. The molecular formula is C23H15BrN4O3. The van der Waals surface area contributed by atoms with Crippen LogP contribution in [0.25, 0.3) is 22.2 Å². The van der Waals surface area contributed by atoms with Crippen molar-refractivity contribution in [3.63, 3.8) is 0 Å². The van der Waals surface area contributed by atoms with Crippen molar-refractivity contribution < 1.29 is 14.3 Å². The van der Waals surface area contributed by atoms with Crippen molar-refractivity contribution in [3.8, 4) is 22.8 Å². The Morgan fingerprint density at radius 2 is 1.84 bits per heavy atom. The number of ether oxygens (including phenoxy) is 2. The third-order valence-electron chi connectivity index (χ3n) is 4.80. The lowest BCUT2D eigenvalue weighted by atomic mass is 10.0. The maximum Gasteiger partial charge on any atom is 0.272 e. The van der Waals surface area contributed by atoms with Crippen LogP contribution in [0.15, 0.2) is 76.6 Å². The average Bonchev–Trinajstić information content (AvgIpc) is 3.26. The van der Waals surface area contributed by atoms with E-state index in [0.717, 1.165) is 26.5 Å². The van der Waals surface area contributed by atoms with E-state index in [2.05, 4.69) is 36.4 Å². The number of fused-ring (bicyclic) bond motifs is 2. The third kappa shape index (κ3) is 3.85. The normalized spacial score (nSPS) is 12.4. The highest BCUT2D eigenvalue weighted by Gasteiger charge is 2.16. The molecular weight excluding hydrogens is 460 g/mol. The van der Waals surface area contributed by atoms with E-state index in [-0.39, 0.29) is 12.7 Å². The summed E-state index contributed by atoms with van der Waals surface area (Å²) in [6.07, 6.45) is 4.94. The lowest BCUT2D eigenvalue weighted by Crippen LogP contribution is -2.18. The second kappa shape index (κ2) is 8.16. The summed E-state index contributed by atoms with van der Waals surface area (Å²) in [5, 5.41) is 4.88. The van der Waals surface area contributed by atoms with Crippen LogP contribution in [0.1, 0.15) is 15.9 Å². The highest BCUT2D eigenvalue weighted by atomic mass is 79.9. The number of aromatic nitrogens is 2. The first-order valence-corrected chi connectivity index (χ1v) is 10.2. The van der Waals surface area contributed by atoms with Crippen LogP contribution in [-0.4, -0.2) is 28.9 Å². The number of nitrogens with zero attached hydrogens (tertiary/aromatic N) is 3. The predicted octanol–water partition coefficient (Wildman–Crippen LogP) is 4.55. The molecule has 2 aromatic carbocycles. The number of rotatable bonds is 4. The number of carbonyl (C=O) groups is 1. The van der Waals surface area contributed by atoms with Gasteiger partial charge in [0.15, 0.2) is 11.5 Å². The zero-order chi connectivity index (χ0) is 21.2. The molecule has 1 aliphatic rings. The van der Waals surface area contributed by atoms with Gasteiger partial charge >= 0.3 is 0 Å². The van der Waals surface area contributed by atoms with Crippen molar-refractivity contribution in [3.05, 3.63) is 82.6 Å². The summed E-state index contributed by atoms with van der Waals surface area (Å²) in [6.45, 7) is 0.189. The number of amides is 1. The van der Waals surface area contributed by atoms with Gasteiger partial charge in [-0.2, -0.15) is 5.10 Å². The topological polar surface area (TPSA) is 85.7 Å². The van der Waals surface area contributed by atoms with E-state index in [1.807, 2.05) is 42.5 Å². The fourth-order valence-corrected chi connectivity index (χ4v) is 3.71.